The minimum absolute atomic E-state index is 0.0563. The zero-order chi connectivity index (χ0) is 43.3. The van der Waals surface area contributed by atoms with Crippen LogP contribution in [0.3, 0.4) is 0 Å². The summed E-state index contributed by atoms with van der Waals surface area (Å²) in [7, 11) is 0. The van der Waals surface area contributed by atoms with E-state index in [9.17, 15) is 32.3 Å². The van der Waals surface area contributed by atoms with Crippen molar-refractivity contribution in [3.05, 3.63) is 58.1 Å². The number of nitrogen functional groups attached to an aromatic ring is 1. The number of hydrogen-bond acceptors (Lipinski definition) is 9. The lowest BCUT2D eigenvalue weighted by Gasteiger charge is -2.44. The molecule has 7 rings (SSSR count). The normalized spacial score (nSPS) is 21.6. The Balaban J connectivity index is 0.948. The van der Waals surface area contributed by atoms with E-state index in [1.165, 1.54) is 30.2 Å². The summed E-state index contributed by atoms with van der Waals surface area (Å²) in [5.41, 5.74) is 5.30. The van der Waals surface area contributed by atoms with E-state index in [2.05, 4.69) is 15.1 Å². The number of ether oxygens (including phenoxy) is 2. The Labute approximate surface area is 360 Å². The number of anilines is 2. The van der Waals surface area contributed by atoms with Crippen LogP contribution in [-0.4, -0.2) is 139 Å². The molecule has 334 valence electrons. The number of nitrogens with zero attached hydrogens (tertiary/aromatic N) is 5. The number of fused-ring (bicyclic) bond motifs is 1. The molecule has 0 radical (unpaired) electrons. The quantitative estimate of drug-likeness (QED) is 0.198. The molecule has 2 aromatic carbocycles. The van der Waals surface area contributed by atoms with E-state index in [4.69, 9.17) is 26.8 Å². The smallest absolute Gasteiger partial charge is 0.418 e. The Kier molecular flexibility index (Phi) is 14.2. The van der Waals surface area contributed by atoms with Gasteiger partial charge in [0, 0.05) is 63.5 Å². The first kappa shape index (κ1) is 44.8. The van der Waals surface area contributed by atoms with Gasteiger partial charge in [-0.05, 0) is 120 Å². The number of esters is 1. The highest BCUT2D eigenvalue weighted by molar-refractivity contribution is 6.33. The molecule has 0 spiro atoms. The molecule has 0 unspecified atom stereocenters. The van der Waals surface area contributed by atoms with Crippen molar-refractivity contribution in [2.45, 2.75) is 102 Å². The number of rotatable bonds is 10. The summed E-state index contributed by atoms with van der Waals surface area (Å²) in [6, 6.07) is 9.67. The van der Waals surface area contributed by atoms with Crippen molar-refractivity contribution in [3.8, 4) is 0 Å². The molecule has 17 heteroatoms. The molecule has 61 heavy (non-hydrogen) atoms. The average molecular weight is 874 g/mol. The van der Waals surface area contributed by atoms with Gasteiger partial charge < -0.3 is 40.1 Å². The van der Waals surface area contributed by atoms with Crippen LogP contribution in [-0.2, 0) is 38.1 Å². The van der Waals surface area contributed by atoms with Gasteiger partial charge in [-0.15, -0.1) is 0 Å². The molecule has 5 aliphatic rings. The molecule has 4 amide bonds. The number of alkyl halides is 3. The second kappa shape index (κ2) is 19.4. The number of halogens is 4. The topological polar surface area (TPSA) is 141 Å². The lowest BCUT2D eigenvalue weighted by Crippen LogP contribution is -2.54. The van der Waals surface area contributed by atoms with E-state index in [0.29, 0.717) is 71.2 Å². The average Bonchev–Trinajstić information content (AvgIpc) is 3.42. The second-order valence-corrected chi connectivity index (χ2v) is 18.0. The number of nitrogens with two attached hydrogens (primary N) is 1. The third-order valence-electron chi connectivity index (χ3n) is 13.5. The van der Waals surface area contributed by atoms with Crippen molar-refractivity contribution in [1.82, 2.24) is 24.5 Å². The number of urea groups is 1. The van der Waals surface area contributed by atoms with Gasteiger partial charge in [0.25, 0.3) is 5.91 Å². The monoisotopic (exact) mass is 873 g/mol. The molecule has 5 aliphatic heterocycles. The van der Waals surface area contributed by atoms with Gasteiger partial charge in [-0.2, -0.15) is 13.2 Å². The fourth-order valence-electron chi connectivity index (χ4n) is 9.58. The number of amides is 4. The van der Waals surface area contributed by atoms with Crippen LogP contribution in [0.5, 0.6) is 0 Å². The largest absolute Gasteiger partial charge is 0.464 e. The van der Waals surface area contributed by atoms with Crippen molar-refractivity contribution in [3.63, 3.8) is 0 Å². The molecule has 3 N–H and O–H groups in total. The summed E-state index contributed by atoms with van der Waals surface area (Å²) in [5, 5.41) is 2.68. The maximum Gasteiger partial charge on any atom is 0.418 e. The third-order valence-corrected chi connectivity index (χ3v) is 13.8. The number of hydrogen-bond donors (Lipinski definition) is 2. The number of piperidine rings is 4. The summed E-state index contributed by atoms with van der Waals surface area (Å²) in [4.78, 5) is 63.9. The van der Waals surface area contributed by atoms with E-state index in [1.54, 1.807) is 9.80 Å². The van der Waals surface area contributed by atoms with E-state index < -0.39 is 40.9 Å². The summed E-state index contributed by atoms with van der Waals surface area (Å²) in [5.74, 6) is -0.641. The van der Waals surface area contributed by atoms with E-state index in [0.717, 1.165) is 50.0 Å². The molecule has 0 aliphatic carbocycles. The van der Waals surface area contributed by atoms with Crippen molar-refractivity contribution in [2.75, 3.05) is 83.1 Å². The Morgan fingerprint density at radius 2 is 1.56 bits per heavy atom. The first-order valence-electron chi connectivity index (χ1n) is 21.9. The minimum atomic E-state index is -4.79. The highest BCUT2D eigenvalue weighted by Crippen LogP contribution is 2.39. The third kappa shape index (κ3) is 10.9. The Morgan fingerprint density at radius 1 is 0.902 bits per heavy atom. The van der Waals surface area contributed by atoms with Crippen LogP contribution < -0.4 is 11.1 Å². The summed E-state index contributed by atoms with van der Waals surface area (Å²) in [6.07, 6.45) is 0.647. The van der Waals surface area contributed by atoms with Gasteiger partial charge in [-0.25, -0.2) is 9.59 Å². The number of nitrogens with one attached hydrogen (secondary N) is 1. The van der Waals surface area contributed by atoms with Crippen LogP contribution in [0, 0.1) is 5.41 Å². The van der Waals surface area contributed by atoms with E-state index >= 15 is 0 Å². The molecule has 4 saturated heterocycles. The van der Waals surface area contributed by atoms with Crippen LogP contribution in [0.1, 0.15) is 81.4 Å². The zero-order valence-electron chi connectivity index (χ0n) is 35.0. The molecule has 13 nitrogen and oxygen atoms in total. The molecule has 2 aromatic rings. The van der Waals surface area contributed by atoms with Gasteiger partial charge in [0.1, 0.15) is 6.61 Å². The molecular formula is C44H59ClF3N7O6. The summed E-state index contributed by atoms with van der Waals surface area (Å²) < 4.78 is 53.5. The van der Waals surface area contributed by atoms with Gasteiger partial charge in [0.05, 0.1) is 21.7 Å². The van der Waals surface area contributed by atoms with E-state index in [-0.39, 0.29) is 54.2 Å². The first-order valence-corrected chi connectivity index (χ1v) is 22.2. The molecule has 1 atom stereocenters. The summed E-state index contributed by atoms with van der Waals surface area (Å²) >= 11 is 6.16. The number of carbonyl (C=O) groups excluding carboxylic acids is 4. The van der Waals surface area contributed by atoms with Gasteiger partial charge in [-0.1, -0.05) is 36.2 Å². The van der Waals surface area contributed by atoms with Crippen LogP contribution in [0.25, 0.3) is 0 Å². The first-order chi connectivity index (χ1) is 29.2. The minimum Gasteiger partial charge on any atom is -0.464 e. The van der Waals surface area contributed by atoms with Crippen molar-refractivity contribution in [1.29, 1.82) is 0 Å². The number of likely N-dealkylation sites (tertiary alicyclic amines) is 4. The molecule has 0 bridgehead atoms. The molecule has 5 heterocycles. The predicted octanol–water partition coefficient (Wildman–Crippen LogP) is 6.67. The SMILES string of the molecule is CC1(C(=O)OCCN2CCCCC2)CCN(C2CCN(C(=O)[C@@H](Cc3cc(Cl)c(N)c(C(F)(F)F)c3)OC(=O)N3CCC(N4CCc5ccccc5NC4=O)CC3)CC2)CC1. The highest BCUT2D eigenvalue weighted by atomic mass is 35.5. The molecule has 4 fully saturated rings. The van der Waals surface area contributed by atoms with Crippen LogP contribution in [0.15, 0.2) is 36.4 Å². The molecule has 0 aromatic heterocycles. The fraction of sp³-hybridized carbons (Fsp3) is 0.636. The number of para-hydroxylation sites is 1. The van der Waals surface area contributed by atoms with Gasteiger partial charge in [0.2, 0.25) is 0 Å². The number of benzene rings is 2. The van der Waals surface area contributed by atoms with Gasteiger partial charge in [-0.3, -0.25) is 14.5 Å². The fourth-order valence-corrected chi connectivity index (χ4v) is 9.82. The lowest BCUT2D eigenvalue weighted by molar-refractivity contribution is -0.159. The Bertz CT molecular complexity index is 1890. The second-order valence-electron chi connectivity index (χ2n) is 17.6. The molecule has 0 saturated carbocycles. The van der Waals surface area contributed by atoms with Gasteiger partial charge in [0.15, 0.2) is 6.10 Å². The standard InChI is InChI=1S/C44H59ClF3N7O6/c1-43(40(57)60-26-25-51-16-5-2-6-17-51)14-23-52(24-15-43)32-10-18-53(19-11-32)39(56)37(29-30-27-34(44(46,47)48)38(49)35(45)28-30)61-42(59)54-20-12-33(13-21-54)55-22-9-31-7-3-4-8-36(31)50-41(55)58/h3-4,7-8,27-28,32-33,37H,2,5-6,9-26,29,49H2,1H3,(H,50,58)/t37-/m1/s1. The maximum atomic E-state index is 14.2. The van der Waals surface area contributed by atoms with Crippen LogP contribution in [0.4, 0.5) is 34.1 Å². The van der Waals surface area contributed by atoms with Crippen molar-refractivity contribution < 1.29 is 41.8 Å². The predicted molar refractivity (Wildman–Crippen MR) is 225 cm³/mol. The van der Waals surface area contributed by atoms with E-state index in [1.807, 2.05) is 31.2 Å². The summed E-state index contributed by atoms with van der Waals surface area (Å²) in [6.45, 7) is 8.51. The number of carbonyl (C=O) groups is 4. The van der Waals surface area contributed by atoms with Crippen molar-refractivity contribution in [2.24, 2.45) is 5.41 Å². The molecular weight excluding hydrogens is 815 g/mol. The zero-order valence-corrected chi connectivity index (χ0v) is 35.8. The van der Waals surface area contributed by atoms with Gasteiger partial charge >= 0.3 is 24.3 Å². The van der Waals surface area contributed by atoms with Crippen molar-refractivity contribution >= 4 is 47.0 Å². The van der Waals surface area contributed by atoms with Crippen LogP contribution in [0.2, 0.25) is 5.02 Å². The lowest BCUT2D eigenvalue weighted by atomic mass is 9.79. The van der Waals surface area contributed by atoms with Crippen LogP contribution >= 0.6 is 11.6 Å². The maximum absolute atomic E-state index is 14.2. The Morgan fingerprint density at radius 3 is 2.25 bits per heavy atom. The highest BCUT2D eigenvalue weighted by Gasteiger charge is 2.42. The Hall–Kier alpha value is -4.28.